The maximum Gasteiger partial charge on any atom is 0.416 e. The van der Waals surface area contributed by atoms with E-state index in [4.69, 9.17) is 19.4 Å². The fourth-order valence-electron chi connectivity index (χ4n) is 11.6. The van der Waals surface area contributed by atoms with E-state index in [1.54, 1.807) is 53.3 Å². The van der Waals surface area contributed by atoms with E-state index in [2.05, 4.69) is 50.6 Å². The molecular formula is C57H68BrF6N7O4S. The lowest BCUT2D eigenvalue weighted by molar-refractivity contribution is -0.138. The number of hydrogen-bond acceptors (Lipinski definition) is 10. The first kappa shape index (κ1) is 56.8. The number of benzene rings is 2. The number of aryl methyl sites for hydroxylation is 4. The lowest BCUT2D eigenvalue weighted by Gasteiger charge is -2.36. The highest BCUT2D eigenvalue weighted by Crippen LogP contribution is 2.42. The summed E-state index contributed by atoms with van der Waals surface area (Å²) in [5.41, 5.74) is 3.82. The molecule has 76 heavy (non-hydrogen) atoms. The Morgan fingerprint density at radius 1 is 0.632 bits per heavy atom. The molecule has 0 N–H and O–H groups in total. The predicted molar refractivity (Wildman–Crippen MR) is 287 cm³/mol. The lowest BCUT2D eigenvalue weighted by atomic mass is 9.93. The van der Waals surface area contributed by atoms with E-state index in [1.807, 2.05) is 40.0 Å². The summed E-state index contributed by atoms with van der Waals surface area (Å²) >= 11 is 5.11. The molecule has 5 aromatic rings. The highest BCUT2D eigenvalue weighted by Gasteiger charge is 2.44. The van der Waals surface area contributed by atoms with Gasteiger partial charge in [-0.1, -0.05) is 61.8 Å². The molecule has 2 aliphatic heterocycles. The van der Waals surface area contributed by atoms with Crippen LogP contribution in [0.15, 0.2) is 65.4 Å². The van der Waals surface area contributed by atoms with Crippen molar-refractivity contribution in [1.29, 1.82) is 0 Å². The number of ether oxygens (including phenoxy) is 2. The molecule has 2 saturated carbocycles. The number of halogens is 7. The van der Waals surface area contributed by atoms with Crippen molar-refractivity contribution in [2.24, 2.45) is 0 Å². The zero-order valence-electron chi connectivity index (χ0n) is 44.5. The quantitative estimate of drug-likeness (QED) is 0.107. The first-order valence-electron chi connectivity index (χ1n) is 26.5. The lowest BCUT2D eigenvalue weighted by Crippen LogP contribution is -2.39. The second-order valence-corrected chi connectivity index (χ2v) is 22.9. The van der Waals surface area contributed by atoms with Crippen LogP contribution in [-0.4, -0.2) is 74.2 Å². The van der Waals surface area contributed by atoms with Gasteiger partial charge in [0, 0.05) is 58.7 Å². The summed E-state index contributed by atoms with van der Waals surface area (Å²) in [5.74, 6) is 1.70. The van der Waals surface area contributed by atoms with E-state index in [1.165, 1.54) is 38.5 Å². The van der Waals surface area contributed by atoms with Gasteiger partial charge < -0.3 is 19.3 Å². The number of thiazole rings is 1. The number of nitrogens with zero attached hydrogens (tertiary/aromatic N) is 7. The highest BCUT2D eigenvalue weighted by atomic mass is 79.9. The molecule has 19 heteroatoms. The van der Waals surface area contributed by atoms with E-state index in [0.29, 0.717) is 34.3 Å². The Balaban J connectivity index is 0.000000204. The normalized spacial score (nSPS) is 20.6. The van der Waals surface area contributed by atoms with Crippen molar-refractivity contribution in [2.75, 3.05) is 22.9 Å². The average Bonchev–Trinajstić information content (AvgIpc) is 3.98. The Hall–Kier alpha value is -5.43. The minimum Gasteiger partial charge on any atom is -0.439 e. The van der Waals surface area contributed by atoms with E-state index in [9.17, 15) is 35.9 Å². The molecule has 1 unspecified atom stereocenters. The Morgan fingerprint density at radius 3 is 1.47 bits per heavy atom. The number of pyridine rings is 2. The van der Waals surface area contributed by atoms with Gasteiger partial charge in [-0.3, -0.25) is 9.80 Å². The molecule has 0 radical (unpaired) electrons. The molecule has 11 nitrogen and oxygen atoms in total. The number of amides is 2. The van der Waals surface area contributed by atoms with Crippen LogP contribution in [0.5, 0.6) is 0 Å². The topological polar surface area (TPSA) is 104 Å². The van der Waals surface area contributed by atoms with Crippen LogP contribution in [0.25, 0.3) is 10.4 Å². The Bertz CT molecular complexity index is 2870. The second-order valence-electron chi connectivity index (χ2n) is 20.8. The van der Waals surface area contributed by atoms with Gasteiger partial charge in [0.15, 0.2) is 0 Å². The van der Waals surface area contributed by atoms with Gasteiger partial charge in [-0.25, -0.2) is 24.5 Å². The highest BCUT2D eigenvalue weighted by molar-refractivity contribution is 9.10. The van der Waals surface area contributed by atoms with Crippen LogP contribution in [0.1, 0.15) is 159 Å². The van der Waals surface area contributed by atoms with Crippen LogP contribution in [0.4, 0.5) is 47.6 Å². The van der Waals surface area contributed by atoms with Crippen LogP contribution in [0.3, 0.4) is 0 Å². The monoisotopic (exact) mass is 1140 g/mol. The first-order valence-corrected chi connectivity index (χ1v) is 28.1. The molecule has 2 amide bonds. The zero-order valence-corrected chi connectivity index (χ0v) is 46.9. The summed E-state index contributed by atoms with van der Waals surface area (Å²) in [5, 5.41) is 0.969. The van der Waals surface area contributed by atoms with E-state index >= 15 is 0 Å². The fourth-order valence-corrected chi connectivity index (χ4v) is 12.8. The standard InChI is InChI=1S/C31H37F3N4O2S.C26H31BrF3N3O2/c1-6-37(26-10-8-7-9-11-26)29-24(14-23(16-35-29)28-19(3)36-21(5)41-28)17-38-20(4)27(40-30(38)39)22-12-18(2)13-25(15-22)31(32,33)34;1-4-32(22-8-6-5-7-9-22)24-19(13-21(27)14-31-24)15-33-17(3)23(35-25(33)34)18-10-16(2)11-20(12-18)26(28,29)30/h12-16,20,26-27H,6-11,17H2,1-5H3;10-14,17,22-23H,4-9,15H2,1-3H3/t20-,27?;17-,23-/m00/s1. The molecule has 2 aliphatic carbocycles. The number of alkyl halides is 6. The van der Waals surface area contributed by atoms with Gasteiger partial charge in [-0.2, -0.15) is 26.3 Å². The second kappa shape index (κ2) is 23.7. The van der Waals surface area contributed by atoms with Crippen LogP contribution < -0.4 is 9.80 Å². The fraction of sp³-hybridized carbons (Fsp3) is 0.526. The van der Waals surface area contributed by atoms with Gasteiger partial charge in [0.05, 0.1) is 51.9 Å². The molecule has 5 heterocycles. The molecule has 4 aliphatic rings. The third-order valence-corrected chi connectivity index (χ3v) is 16.8. The molecule has 0 spiro atoms. The van der Waals surface area contributed by atoms with Crippen molar-refractivity contribution in [1.82, 2.24) is 24.8 Å². The summed E-state index contributed by atoms with van der Waals surface area (Å²) < 4.78 is 93.0. The minimum atomic E-state index is -4.48. The van der Waals surface area contributed by atoms with Gasteiger partial charge >= 0.3 is 24.5 Å². The Morgan fingerprint density at radius 2 is 1.07 bits per heavy atom. The van der Waals surface area contributed by atoms with Crippen molar-refractivity contribution in [2.45, 2.75) is 181 Å². The summed E-state index contributed by atoms with van der Waals surface area (Å²) in [6, 6.07) is 11.6. The van der Waals surface area contributed by atoms with E-state index in [-0.39, 0.29) is 13.1 Å². The maximum absolute atomic E-state index is 13.6. The van der Waals surface area contributed by atoms with Crippen molar-refractivity contribution in [3.63, 3.8) is 0 Å². The molecule has 4 atom stereocenters. The van der Waals surface area contributed by atoms with Crippen LogP contribution in [0.2, 0.25) is 0 Å². The van der Waals surface area contributed by atoms with E-state index in [0.717, 1.165) is 111 Å². The van der Waals surface area contributed by atoms with Gasteiger partial charge in [-0.15, -0.1) is 11.3 Å². The van der Waals surface area contributed by atoms with Crippen LogP contribution in [0, 0.1) is 27.7 Å². The zero-order chi connectivity index (χ0) is 54.8. The van der Waals surface area contributed by atoms with Gasteiger partial charge in [0.1, 0.15) is 23.8 Å². The van der Waals surface area contributed by atoms with Gasteiger partial charge in [0.2, 0.25) is 0 Å². The predicted octanol–water partition coefficient (Wildman–Crippen LogP) is 15.8. The SMILES string of the molecule is CCN(c1ncc(-c2sc(C)nc2C)cc1CN1C(=O)OC(c2cc(C)cc(C(F)(F)F)c2)[C@@H]1C)C1CCCCC1.CCN(c1ncc(Br)cc1CN1C(=O)O[C@H](c2cc(C)cc(C(F)(F)F)c2)[C@@H]1C)C1CCCCC1. The van der Waals surface area contributed by atoms with Crippen molar-refractivity contribution >= 4 is 51.1 Å². The summed E-state index contributed by atoms with van der Waals surface area (Å²) in [4.78, 5) is 49.3. The third kappa shape index (κ3) is 12.8. The Kier molecular flexibility index (Phi) is 17.7. The number of anilines is 2. The molecule has 4 fully saturated rings. The number of rotatable bonds is 13. The largest absolute Gasteiger partial charge is 0.439 e. The third-order valence-electron chi connectivity index (χ3n) is 15.3. The van der Waals surface area contributed by atoms with Crippen molar-refractivity contribution in [3.8, 4) is 10.4 Å². The average molecular weight is 1140 g/mol. The molecule has 2 saturated heterocycles. The number of aromatic nitrogens is 3. The summed E-state index contributed by atoms with van der Waals surface area (Å²) in [7, 11) is 0. The molecule has 0 bridgehead atoms. The maximum atomic E-state index is 13.6. The number of carbonyl (C=O) groups excluding carboxylic acids is 2. The number of carbonyl (C=O) groups is 2. The van der Waals surface area contributed by atoms with E-state index < -0.39 is 60.0 Å². The van der Waals surface area contributed by atoms with Crippen molar-refractivity contribution in [3.05, 3.63) is 121 Å². The van der Waals surface area contributed by atoms with Gasteiger partial charge in [-0.05, 0) is 145 Å². The first-order chi connectivity index (χ1) is 36.0. The smallest absolute Gasteiger partial charge is 0.416 e. The van der Waals surface area contributed by atoms with Crippen LogP contribution >= 0.6 is 27.3 Å². The molecule has 410 valence electrons. The Labute approximate surface area is 454 Å². The minimum absolute atomic E-state index is 0.241. The molecule has 3 aromatic heterocycles. The molecule has 2 aromatic carbocycles. The summed E-state index contributed by atoms with van der Waals surface area (Å²) in [6.45, 7) is 17.2. The summed E-state index contributed by atoms with van der Waals surface area (Å²) in [6.07, 6.45) is 3.72. The molecule has 9 rings (SSSR count). The number of hydrogen-bond donors (Lipinski definition) is 0. The van der Waals surface area contributed by atoms with Crippen LogP contribution in [-0.2, 0) is 34.9 Å². The van der Waals surface area contributed by atoms with Crippen molar-refractivity contribution < 1.29 is 45.4 Å². The van der Waals surface area contributed by atoms with Gasteiger partial charge in [0.25, 0.3) is 0 Å². The molecular weight excluding hydrogens is 1070 g/mol. The number of cyclic esters (lactones) is 2.